The quantitative estimate of drug-likeness (QED) is 0.505. The average Bonchev–Trinajstić information content (AvgIpc) is 2.67. The van der Waals surface area contributed by atoms with Gasteiger partial charge in [0.1, 0.15) is 0 Å². The van der Waals surface area contributed by atoms with Crippen molar-refractivity contribution < 1.29 is 14.3 Å². The molecule has 0 aliphatic carbocycles. The van der Waals surface area contributed by atoms with Crippen LogP contribution in [-0.2, 0) is 20.9 Å². The summed E-state index contributed by atoms with van der Waals surface area (Å²) in [5.41, 5.74) is 0. The summed E-state index contributed by atoms with van der Waals surface area (Å²) in [5, 5.41) is 0. The van der Waals surface area contributed by atoms with E-state index in [1.165, 1.54) is 0 Å². The number of nitrogens with zero attached hydrogens (tertiary/aromatic N) is 2. The zero-order chi connectivity index (χ0) is 10.4. The van der Waals surface area contributed by atoms with Crippen LogP contribution in [0.3, 0.4) is 0 Å². The van der Waals surface area contributed by atoms with E-state index in [1.54, 1.807) is 30.2 Å². The van der Waals surface area contributed by atoms with E-state index >= 15 is 0 Å². The first-order chi connectivity index (χ1) is 6.74. The molecule has 0 aliphatic heterocycles. The minimum absolute atomic E-state index is 0.148. The van der Waals surface area contributed by atoms with Gasteiger partial charge in [-0.2, -0.15) is 0 Å². The van der Waals surface area contributed by atoms with Crippen molar-refractivity contribution in [2.45, 2.75) is 19.9 Å². The number of esters is 1. The van der Waals surface area contributed by atoms with Crippen LogP contribution in [0.2, 0.25) is 0 Å². The summed E-state index contributed by atoms with van der Waals surface area (Å²) in [6.07, 6.45) is 5.10. The van der Waals surface area contributed by atoms with Gasteiger partial charge in [-0.25, -0.2) is 9.78 Å². The number of carbonyl (C=O) groups excluding carboxylic acids is 2. The summed E-state index contributed by atoms with van der Waals surface area (Å²) in [7, 11) is 0. The number of ketones is 1. The first-order valence-corrected chi connectivity index (χ1v) is 4.39. The Kier molecular flexibility index (Phi) is 3.84. The number of aromatic nitrogens is 2. The smallest absolute Gasteiger partial charge is 0.374 e. The van der Waals surface area contributed by atoms with Crippen molar-refractivity contribution in [3.63, 3.8) is 0 Å². The van der Waals surface area contributed by atoms with Gasteiger partial charge in [0.15, 0.2) is 0 Å². The minimum Gasteiger partial charge on any atom is -0.460 e. The molecule has 5 heteroatoms. The van der Waals surface area contributed by atoms with Crippen LogP contribution in [0.4, 0.5) is 0 Å². The highest BCUT2D eigenvalue weighted by Crippen LogP contribution is 1.93. The maximum atomic E-state index is 11.1. The van der Waals surface area contributed by atoms with Crippen molar-refractivity contribution in [3.8, 4) is 0 Å². The summed E-state index contributed by atoms with van der Waals surface area (Å²) in [4.78, 5) is 25.8. The molecule has 1 heterocycles. The fourth-order valence-corrected chi connectivity index (χ4v) is 0.963. The highest BCUT2D eigenvalue weighted by Gasteiger charge is 2.13. The molecule has 0 amide bonds. The van der Waals surface area contributed by atoms with Crippen molar-refractivity contribution in [2.75, 3.05) is 6.61 Å². The fourth-order valence-electron chi connectivity index (χ4n) is 0.963. The monoisotopic (exact) mass is 196 g/mol. The van der Waals surface area contributed by atoms with E-state index in [0.717, 1.165) is 0 Å². The molecule has 1 rings (SSSR count). The predicted molar refractivity (Wildman–Crippen MR) is 48.5 cm³/mol. The van der Waals surface area contributed by atoms with Crippen LogP contribution in [0.1, 0.15) is 13.3 Å². The van der Waals surface area contributed by atoms with Crippen molar-refractivity contribution in [1.82, 2.24) is 9.55 Å². The molecule has 0 atom stereocenters. The van der Waals surface area contributed by atoms with E-state index in [9.17, 15) is 9.59 Å². The number of rotatable bonds is 5. The van der Waals surface area contributed by atoms with Gasteiger partial charge in [-0.15, -0.1) is 0 Å². The highest BCUT2D eigenvalue weighted by molar-refractivity contribution is 6.33. The lowest BCUT2D eigenvalue weighted by atomic mass is 10.3. The Hall–Kier alpha value is -1.65. The number of hydrogen-bond donors (Lipinski definition) is 0. The number of imidazole rings is 1. The van der Waals surface area contributed by atoms with Gasteiger partial charge in [-0.05, 0) is 6.92 Å². The van der Waals surface area contributed by atoms with Crippen molar-refractivity contribution >= 4 is 11.8 Å². The maximum Gasteiger partial charge on any atom is 0.374 e. The Morgan fingerprint density at radius 2 is 2.29 bits per heavy atom. The molecule has 0 radical (unpaired) electrons. The zero-order valence-corrected chi connectivity index (χ0v) is 7.97. The number of ether oxygens (including phenoxy) is 1. The Bertz CT molecular complexity index is 306. The molecule has 0 saturated heterocycles. The molecule has 0 aromatic carbocycles. The van der Waals surface area contributed by atoms with Gasteiger partial charge >= 0.3 is 5.97 Å². The van der Waals surface area contributed by atoms with Crippen LogP contribution in [0.25, 0.3) is 0 Å². The van der Waals surface area contributed by atoms with Gasteiger partial charge in [0.25, 0.3) is 0 Å². The highest BCUT2D eigenvalue weighted by atomic mass is 16.5. The molecule has 0 fully saturated rings. The second kappa shape index (κ2) is 5.16. The summed E-state index contributed by atoms with van der Waals surface area (Å²) in [6, 6.07) is 0. The number of aryl methyl sites for hydroxylation is 1. The van der Waals surface area contributed by atoms with Gasteiger partial charge < -0.3 is 9.30 Å². The SMILES string of the molecule is CCOC(=O)C(=O)CCn1ccnc1. The standard InChI is InChI=1S/C9H12N2O3/c1-2-14-9(13)8(12)3-5-11-6-4-10-7-11/h4,6-7H,2-3,5H2,1H3. The molecule has 0 bridgehead atoms. The van der Waals surface area contributed by atoms with Gasteiger partial charge in [-0.1, -0.05) is 0 Å². The molecule has 1 aromatic heterocycles. The Labute approximate surface area is 81.7 Å². The fraction of sp³-hybridized carbons (Fsp3) is 0.444. The van der Waals surface area contributed by atoms with E-state index in [1.807, 2.05) is 0 Å². The van der Waals surface area contributed by atoms with E-state index < -0.39 is 11.8 Å². The van der Waals surface area contributed by atoms with Gasteiger partial charge in [-0.3, -0.25) is 4.79 Å². The molecule has 5 nitrogen and oxygen atoms in total. The normalized spacial score (nSPS) is 9.79. The van der Waals surface area contributed by atoms with Crippen molar-refractivity contribution in [2.24, 2.45) is 0 Å². The zero-order valence-electron chi connectivity index (χ0n) is 7.97. The first-order valence-electron chi connectivity index (χ1n) is 4.39. The molecule has 0 saturated carbocycles. The lowest BCUT2D eigenvalue weighted by Crippen LogP contribution is -2.18. The van der Waals surface area contributed by atoms with E-state index in [0.29, 0.717) is 6.54 Å². The molecule has 1 aromatic rings. The molecule has 0 unspecified atom stereocenters. The molecule has 0 aliphatic rings. The third-order valence-electron chi connectivity index (χ3n) is 1.66. The van der Waals surface area contributed by atoms with Crippen molar-refractivity contribution in [1.29, 1.82) is 0 Å². The van der Waals surface area contributed by atoms with Crippen LogP contribution >= 0.6 is 0 Å². The van der Waals surface area contributed by atoms with Crippen LogP contribution in [0.15, 0.2) is 18.7 Å². The Morgan fingerprint density at radius 3 is 2.86 bits per heavy atom. The molecule has 0 N–H and O–H groups in total. The van der Waals surface area contributed by atoms with Crippen LogP contribution in [-0.4, -0.2) is 27.9 Å². The number of Topliss-reactive ketones (excluding diaryl/α,β-unsaturated/α-hetero) is 1. The predicted octanol–water partition coefficient (Wildman–Crippen LogP) is 0.405. The molecule has 14 heavy (non-hydrogen) atoms. The molecular formula is C9H12N2O3. The number of hydrogen-bond acceptors (Lipinski definition) is 4. The lowest BCUT2D eigenvalue weighted by Gasteiger charge is -2.01. The molecular weight excluding hydrogens is 184 g/mol. The van der Waals surface area contributed by atoms with Crippen molar-refractivity contribution in [3.05, 3.63) is 18.7 Å². The first kappa shape index (κ1) is 10.4. The molecule has 0 spiro atoms. The molecule has 76 valence electrons. The van der Waals surface area contributed by atoms with E-state index in [-0.39, 0.29) is 13.0 Å². The third kappa shape index (κ3) is 3.01. The second-order valence-corrected chi connectivity index (χ2v) is 2.69. The summed E-state index contributed by atoms with van der Waals surface area (Å²) in [5.74, 6) is -1.26. The Balaban J connectivity index is 2.31. The lowest BCUT2D eigenvalue weighted by molar-refractivity contribution is -0.153. The minimum atomic E-state index is -0.757. The summed E-state index contributed by atoms with van der Waals surface area (Å²) in [6.45, 7) is 2.36. The van der Waals surface area contributed by atoms with Crippen LogP contribution < -0.4 is 0 Å². The van der Waals surface area contributed by atoms with Gasteiger partial charge in [0.05, 0.1) is 12.9 Å². The van der Waals surface area contributed by atoms with Gasteiger partial charge in [0.2, 0.25) is 5.78 Å². The second-order valence-electron chi connectivity index (χ2n) is 2.69. The largest absolute Gasteiger partial charge is 0.460 e. The van der Waals surface area contributed by atoms with E-state index in [4.69, 9.17) is 0 Å². The van der Waals surface area contributed by atoms with Crippen LogP contribution in [0.5, 0.6) is 0 Å². The Morgan fingerprint density at radius 1 is 1.50 bits per heavy atom. The average molecular weight is 196 g/mol. The van der Waals surface area contributed by atoms with E-state index in [2.05, 4.69) is 9.72 Å². The van der Waals surface area contributed by atoms with Crippen LogP contribution in [0, 0.1) is 0 Å². The maximum absolute atomic E-state index is 11.1. The summed E-state index contributed by atoms with van der Waals surface area (Å²) >= 11 is 0. The summed E-state index contributed by atoms with van der Waals surface area (Å²) < 4.78 is 6.29. The third-order valence-corrected chi connectivity index (χ3v) is 1.66. The van der Waals surface area contributed by atoms with Gasteiger partial charge in [0, 0.05) is 25.4 Å². The number of carbonyl (C=O) groups is 2. The topological polar surface area (TPSA) is 61.2 Å².